The Hall–Kier alpha value is -3.16. The first kappa shape index (κ1) is 26.4. The zero-order valence-corrected chi connectivity index (χ0v) is 21.6. The van der Waals surface area contributed by atoms with Gasteiger partial charge in [0.2, 0.25) is 0 Å². The van der Waals surface area contributed by atoms with Gasteiger partial charge >= 0.3 is 0 Å². The lowest BCUT2D eigenvalue weighted by atomic mass is 9.68. The highest BCUT2D eigenvalue weighted by Gasteiger charge is 2.43. The number of hydrogen-bond acceptors (Lipinski definition) is 7. The van der Waals surface area contributed by atoms with Gasteiger partial charge in [0.1, 0.15) is 0 Å². The largest absolute Gasteiger partial charge is 0.381 e. The summed E-state index contributed by atoms with van der Waals surface area (Å²) in [5, 5.41) is 34.8. The SMILES string of the molecule is N#CC1(C2C=CC(NC(=O)c3ccn(C4C=CC(CC(O)O)=CC4)c3)=CN2)CCC(N2CCOCC2)CC1. The molecule has 2 aliphatic carbocycles. The molecule has 2 unspecified atom stereocenters. The molecule has 3 heterocycles. The molecule has 1 amide bonds. The summed E-state index contributed by atoms with van der Waals surface area (Å²) in [7, 11) is 0. The van der Waals surface area contributed by atoms with Crippen LogP contribution < -0.4 is 10.6 Å². The molecular weight excluding hydrogens is 482 g/mol. The minimum absolute atomic E-state index is 0.0767. The predicted molar refractivity (Wildman–Crippen MR) is 142 cm³/mol. The van der Waals surface area contributed by atoms with Gasteiger partial charge in [0.25, 0.3) is 5.91 Å². The van der Waals surface area contributed by atoms with Gasteiger partial charge < -0.3 is 30.2 Å². The normalized spacial score (nSPS) is 29.8. The molecule has 0 spiro atoms. The van der Waals surface area contributed by atoms with E-state index in [1.165, 1.54) is 0 Å². The lowest BCUT2D eigenvalue weighted by molar-refractivity contribution is -0.0376. The Morgan fingerprint density at radius 2 is 2.03 bits per heavy atom. The van der Waals surface area contributed by atoms with Crippen LogP contribution in [0.1, 0.15) is 54.9 Å². The number of aliphatic hydroxyl groups excluding tert-OH is 1. The summed E-state index contributed by atoms with van der Waals surface area (Å²) in [5.41, 5.74) is 1.68. The summed E-state index contributed by atoms with van der Waals surface area (Å²) >= 11 is 0. The summed E-state index contributed by atoms with van der Waals surface area (Å²) in [6, 6.07) is 4.94. The van der Waals surface area contributed by atoms with Crippen LogP contribution in [0.2, 0.25) is 0 Å². The van der Waals surface area contributed by atoms with Crippen molar-refractivity contribution in [2.24, 2.45) is 5.41 Å². The Balaban J connectivity index is 1.13. The van der Waals surface area contributed by atoms with E-state index in [0.29, 0.717) is 17.3 Å². The quantitative estimate of drug-likeness (QED) is 0.408. The number of aromatic nitrogens is 1. The molecule has 38 heavy (non-hydrogen) atoms. The molecule has 2 fully saturated rings. The van der Waals surface area contributed by atoms with Crippen LogP contribution in [0.25, 0.3) is 0 Å². The van der Waals surface area contributed by atoms with Gasteiger partial charge in [-0.15, -0.1) is 0 Å². The van der Waals surface area contributed by atoms with E-state index in [9.17, 15) is 10.1 Å². The highest BCUT2D eigenvalue weighted by molar-refractivity contribution is 5.95. The van der Waals surface area contributed by atoms with Gasteiger partial charge in [-0.3, -0.25) is 9.69 Å². The Morgan fingerprint density at radius 3 is 2.66 bits per heavy atom. The van der Waals surface area contributed by atoms with Crippen LogP contribution in [0.15, 0.2) is 66.3 Å². The molecule has 1 saturated carbocycles. The second-order valence-corrected chi connectivity index (χ2v) is 10.7. The van der Waals surface area contributed by atoms with E-state index in [0.717, 1.165) is 64.0 Å². The molecule has 1 aromatic heterocycles. The van der Waals surface area contributed by atoms with E-state index < -0.39 is 11.7 Å². The first-order chi connectivity index (χ1) is 18.5. The summed E-state index contributed by atoms with van der Waals surface area (Å²) in [6.07, 6.45) is 18.6. The van der Waals surface area contributed by atoms with Crippen LogP contribution in [0.3, 0.4) is 0 Å². The number of nitrogens with zero attached hydrogens (tertiary/aromatic N) is 3. The Labute approximate surface area is 223 Å². The molecule has 2 atom stereocenters. The zero-order valence-electron chi connectivity index (χ0n) is 21.6. The number of carbonyl (C=O) groups is 1. The number of hydrogen-bond donors (Lipinski definition) is 4. The second-order valence-electron chi connectivity index (χ2n) is 10.7. The molecule has 4 N–H and O–H groups in total. The maximum atomic E-state index is 12.9. The third kappa shape index (κ3) is 5.94. The Morgan fingerprint density at radius 1 is 1.24 bits per heavy atom. The molecule has 0 radical (unpaired) electrons. The van der Waals surface area contributed by atoms with E-state index in [1.54, 1.807) is 12.3 Å². The van der Waals surface area contributed by atoms with Crippen molar-refractivity contribution in [3.63, 3.8) is 0 Å². The van der Waals surface area contributed by atoms with E-state index in [2.05, 4.69) is 21.6 Å². The number of morpholine rings is 1. The fraction of sp³-hybridized carbons (Fsp3) is 0.517. The molecule has 9 nitrogen and oxygen atoms in total. The van der Waals surface area contributed by atoms with Crippen molar-refractivity contribution in [3.8, 4) is 6.07 Å². The number of rotatable bonds is 7. The number of nitriles is 1. The number of dihydropyridines is 1. The molecule has 2 aliphatic heterocycles. The zero-order chi connectivity index (χ0) is 26.5. The molecule has 1 saturated heterocycles. The van der Waals surface area contributed by atoms with Crippen LogP contribution in [-0.2, 0) is 4.74 Å². The summed E-state index contributed by atoms with van der Waals surface area (Å²) in [6.45, 7) is 3.55. The van der Waals surface area contributed by atoms with Crippen molar-refractivity contribution in [1.29, 1.82) is 5.26 Å². The third-order valence-electron chi connectivity index (χ3n) is 8.30. The van der Waals surface area contributed by atoms with E-state index >= 15 is 0 Å². The molecule has 0 bridgehead atoms. The van der Waals surface area contributed by atoms with E-state index in [4.69, 9.17) is 14.9 Å². The van der Waals surface area contributed by atoms with Crippen LogP contribution in [-0.4, -0.2) is 70.3 Å². The fourth-order valence-corrected chi connectivity index (χ4v) is 6.02. The number of nitrogens with one attached hydrogen (secondary N) is 2. The fourth-order valence-electron chi connectivity index (χ4n) is 6.02. The first-order valence-corrected chi connectivity index (χ1v) is 13.6. The average Bonchev–Trinajstić information content (AvgIpc) is 3.45. The van der Waals surface area contributed by atoms with Gasteiger partial charge in [0.05, 0.1) is 48.0 Å². The Bertz CT molecular complexity index is 1160. The topological polar surface area (TPSA) is 123 Å². The first-order valence-electron chi connectivity index (χ1n) is 13.6. The summed E-state index contributed by atoms with van der Waals surface area (Å²) < 4.78 is 7.47. The molecule has 9 heteroatoms. The average molecular weight is 520 g/mol. The van der Waals surface area contributed by atoms with Crippen LogP contribution in [0.5, 0.6) is 0 Å². The highest BCUT2D eigenvalue weighted by Crippen LogP contribution is 2.41. The smallest absolute Gasteiger partial charge is 0.257 e. The number of amides is 1. The molecule has 1 aromatic rings. The lowest BCUT2D eigenvalue weighted by Gasteiger charge is -2.44. The van der Waals surface area contributed by atoms with Gasteiger partial charge in [-0.25, -0.2) is 0 Å². The monoisotopic (exact) mass is 519 g/mol. The summed E-state index contributed by atoms with van der Waals surface area (Å²) in [5.74, 6) is -0.194. The van der Waals surface area contributed by atoms with E-state index in [1.807, 2.05) is 47.3 Å². The molecule has 5 rings (SSSR count). The lowest BCUT2D eigenvalue weighted by Crippen LogP contribution is -2.50. The van der Waals surface area contributed by atoms with Crippen molar-refractivity contribution < 1.29 is 19.7 Å². The van der Waals surface area contributed by atoms with Crippen molar-refractivity contribution in [3.05, 3.63) is 71.9 Å². The standard InChI is InChI=1S/C29H37N5O4/c30-20-29(10-7-25(8-11-29)33-13-15-38-16-14-33)26-6-3-23(18-31-26)32-28(37)22-9-12-34(19-22)24-4-1-21(2-5-24)17-27(35)36/h1-4,6,9,12,18-19,24-27,31,35-36H,5,7-8,10-11,13-17H2,(H,32,37). The van der Waals surface area contributed by atoms with E-state index in [-0.39, 0.29) is 24.4 Å². The summed E-state index contributed by atoms with van der Waals surface area (Å²) in [4.78, 5) is 15.4. The van der Waals surface area contributed by atoms with Crippen molar-refractivity contribution >= 4 is 5.91 Å². The number of carbonyl (C=O) groups excluding carboxylic acids is 1. The van der Waals surface area contributed by atoms with Crippen LogP contribution >= 0.6 is 0 Å². The van der Waals surface area contributed by atoms with Crippen LogP contribution in [0, 0.1) is 16.7 Å². The van der Waals surface area contributed by atoms with Crippen molar-refractivity contribution in [2.75, 3.05) is 26.3 Å². The second kappa shape index (κ2) is 11.7. The molecule has 0 aromatic carbocycles. The van der Waals surface area contributed by atoms with Crippen molar-refractivity contribution in [1.82, 2.24) is 20.1 Å². The van der Waals surface area contributed by atoms with Crippen molar-refractivity contribution in [2.45, 2.75) is 62.9 Å². The minimum atomic E-state index is -1.35. The van der Waals surface area contributed by atoms with Gasteiger partial charge in [-0.05, 0) is 49.8 Å². The maximum Gasteiger partial charge on any atom is 0.257 e. The molecule has 202 valence electrons. The number of aliphatic hydroxyl groups is 2. The number of allylic oxidation sites excluding steroid dienone is 4. The molecular formula is C29H37N5O4. The van der Waals surface area contributed by atoms with Crippen LogP contribution in [0.4, 0.5) is 0 Å². The predicted octanol–water partition coefficient (Wildman–Crippen LogP) is 2.50. The molecule has 4 aliphatic rings. The highest BCUT2D eigenvalue weighted by atomic mass is 16.5. The van der Waals surface area contributed by atoms with Gasteiger partial charge in [-0.1, -0.05) is 24.3 Å². The Kier molecular flexibility index (Phi) is 8.15. The van der Waals surface area contributed by atoms with Gasteiger partial charge in [0, 0.05) is 44.1 Å². The van der Waals surface area contributed by atoms with Gasteiger partial charge in [-0.2, -0.15) is 5.26 Å². The van der Waals surface area contributed by atoms with Gasteiger partial charge in [0.15, 0.2) is 6.29 Å². The number of ether oxygens (including phenoxy) is 1. The minimum Gasteiger partial charge on any atom is -0.381 e. The maximum absolute atomic E-state index is 12.9. The third-order valence-corrected chi connectivity index (χ3v) is 8.30.